The summed E-state index contributed by atoms with van der Waals surface area (Å²) in [5, 5.41) is 4.70. The number of hydrogen-bond acceptors (Lipinski definition) is 2. The van der Waals surface area contributed by atoms with Crippen molar-refractivity contribution >= 4 is 60.8 Å². The van der Waals surface area contributed by atoms with E-state index in [1.807, 2.05) is 12.1 Å². The average molecular weight is 729 g/mol. The van der Waals surface area contributed by atoms with E-state index in [1.165, 1.54) is 38.5 Å². The van der Waals surface area contributed by atoms with Gasteiger partial charge in [-0.05, 0) is 76.9 Å². The van der Waals surface area contributed by atoms with Gasteiger partial charge in [0.15, 0.2) is 0 Å². The van der Waals surface area contributed by atoms with Crippen molar-refractivity contribution in [1.82, 2.24) is 4.57 Å². The molecule has 9 aromatic carbocycles. The monoisotopic (exact) mass is 728 g/mol. The van der Waals surface area contributed by atoms with Crippen LogP contribution in [0.2, 0.25) is 0 Å². The molecule has 0 saturated heterocycles. The van der Waals surface area contributed by atoms with Gasteiger partial charge in [0.25, 0.3) is 0 Å². The van der Waals surface area contributed by atoms with Crippen molar-refractivity contribution in [3.63, 3.8) is 0 Å². The second-order valence-corrected chi connectivity index (χ2v) is 14.5. The van der Waals surface area contributed by atoms with Crippen LogP contribution in [0.15, 0.2) is 223 Å². The zero-order chi connectivity index (χ0) is 37.7. The van der Waals surface area contributed by atoms with Crippen molar-refractivity contribution in [1.29, 1.82) is 0 Å². The second kappa shape index (κ2) is 13.6. The average Bonchev–Trinajstić information content (AvgIpc) is 3.83. The van der Waals surface area contributed by atoms with Crippen molar-refractivity contribution in [2.24, 2.45) is 0 Å². The Morgan fingerprint density at radius 3 is 1.72 bits per heavy atom. The van der Waals surface area contributed by atoms with E-state index in [4.69, 9.17) is 4.42 Å². The standard InChI is InChI=1S/C54H36N2O/c1-3-14-37(15-4-1)38-26-30-41(31-27-38)55(50-23-10-7-18-44(50)39-16-5-2-6-17-39)43-34-35-47-46-19-8-11-24-51(46)56(52(47)36-43)42-32-28-40(29-33-42)45-21-13-22-49-48-20-9-12-25-53(48)57-54(45)49/h1-36H. The number of furan rings is 1. The highest BCUT2D eigenvalue weighted by Gasteiger charge is 2.20. The van der Waals surface area contributed by atoms with Gasteiger partial charge in [0, 0.05) is 49.7 Å². The molecule has 268 valence electrons. The van der Waals surface area contributed by atoms with Gasteiger partial charge in [-0.1, -0.05) is 164 Å². The Kier molecular flexibility index (Phi) is 7.82. The summed E-state index contributed by atoms with van der Waals surface area (Å²) in [7, 11) is 0. The van der Waals surface area contributed by atoms with E-state index in [1.54, 1.807) is 0 Å². The molecule has 3 heteroatoms. The third kappa shape index (κ3) is 5.60. The first kappa shape index (κ1) is 32.8. The second-order valence-electron chi connectivity index (χ2n) is 14.5. The molecule has 0 radical (unpaired) electrons. The fourth-order valence-electron chi connectivity index (χ4n) is 8.53. The van der Waals surface area contributed by atoms with Crippen molar-refractivity contribution in [3.05, 3.63) is 218 Å². The van der Waals surface area contributed by atoms with E-state index in [0.29, 0.717) is 0 Å². The minimum absolute atomic E-state index is 0.908. The minimum atomic E-state index is 0.908. The molecule has 0 bridgehead atoms. The van der Waals surface area contributed by atoms with Crippen LogP contribution in [-0.4, -0.2) is 4.57 Å². The Morgan fingerprint density at radius 2 is 0.912 bits per heavy atom. The lowest BCUT2D eigenvalue weighted by atomic mass is 10.0. The van der Waals surface area contributed by atoms with Crippen LogP contribution < -0.4 is 4.90 Å². The van der Waals surface area contributed by atoms with Crippen molar-refractivity contribution < 1.29 is 4.42 Å². The summed E-state index contributed by atoms with van der Waals surface area (Å²) in [6.07, 6.45) is 0. The van der Waals surface area contributed by atoms with Crippen LogP contribution in [0.3, 0.4) is 0 Å². The molecular formula is C54H36N2O. The van der Waals surface area contributed by atoms with Crippen LogP contribution >= 0.6 is 0 Å². The molecule has 11 aromatic rings. The molecule has 0 amide bonds. The predicted octanol–water partition coefficient (Wildman–Crippen LogP) is 15.2. The molecular weight excluding hydrogens is 693 g/mol. The molecule has 0 fully saturated rings. The largest absolute Gasteiger partial charge is 0.455 e. The van der Waals surface area contributed by atoms with Gasteiger partial charge in [0.1, 0.15) is 11.2 Å². The zero-order valence-corrected chi connectivity index (χ0v) is 31.1. The summed E-state index contributed by atoms with van der Waals surface area (Å²) >= 11 is 0. The van der Waals surface area contributed by atoms with Gasteiger partial charge in [-0.15, -0.1) is 0 Å². The molecule has 2 heterocycles. The lowest BCUT2D eigenvalue weighted by Crippen LogP contribution is -2.11. The van der Waals surface area contributed by atoms with Crippen LogP contribution in [0.4, 0.5) is 17.1 Å². The van der Waals surface area contributed by atoms with Gasteiger partial charge in [-0.2, -0.15) is 0 Å². The maximum Gasteiger partial charge on any atom is 0.143 e. The Bertz CT molecular complexity index is 3210. The molecule has 0 N–H and O–H groups in total. The van der Waals surface area contributed by atoms with Gasteiger partial charge in [-0.3, -0.25) is 0 Å². The van der Waals surface area contributed by atoms with Gasteiger partial charge < -0.3 is 13.9 Å². The predicted molar refractivity (Wildman–Crippen MR) is 239 cm³/mol. The number of fused-ring (bicyclic) bond motifs is 6. The topological polar surface area (TPSA) is 21.3 Å². The normalized spacial score (nSPS) is 11.5. The maximum absolute atomic E-state index is 6.42. The Balaban J connectivity index is 1.08. The fourth-order valence-corrected chi connectivity index (χ4v) is 8.53. The van der Waals surface area contributed by atoms with Crippen molar-refractivity contribution in [3.8, 4) is 39.1 Å². The summed E-state index contributed by atoms with van der Waals surface area (Å²) in [6, 6.07) is 78.1. The van der Waals surface area contributed by atoms with Crippen LogP contribution in [0.5, 0.6) is 0 Å². The molecule has 11 rings (SSSR count). The molecule has 0 aliphatic carbocycles. The molecule has 2 aromatic heterocycles. The summed E-state index contributed by atoms with van der Waals surface area (Å²) in [4.78, 5) is 2.40. The van der Waals surface area contributed by atoms with E-state index in [-0.39, 0.29) is 0 Å². The Morgan fingerprint density at radius 1 is 0.351 bits per heavy atom. The number of aromatic nitrogens is 1. The number of anilines is 3. The zero-order valence-electron chi connectivity index (χ0n) is 31.1. The number of nitrogens with zero attached hydrogens (tertiary/aromatic N) is 2. The molecule has 0 saturated carbocycles. The molecule has 0 spiro atoms. The van der Waals surface area contributed by atoms with Gasteiger partial charge in [0.2, 0.25) is 0 Å². The van der Waals surface area contributed by atoms with E-state index < -0.39 is 0 Å². The van der Waals surface area contributed by atoms with Crippen molar-refractivity contribution in [2.75, 3.05) is 4.90 Å². The fraction of sp³-hybridized carbons (Fsp3) is 0. The summed E-state index contributed by atoms with van der Waals surface area (Å²) in [5.41, 5.74) is 15.4. The maximum atomic E-state index is 6.42. The SMILES string of the molecule is c1ccc(-c2ccc(N(c3ccc4c5ccccc5n(-c5ccc(-c6cccc7c6oc6ccccc67)cc5)c4c3)c3ccccc3-c3ccccc3)cc2)cc1. The molecule has 57 heavy (non-hydrogen) atoms. The number of hydrogen-bond donors (Lipinski definition) is 0. The summed E-state index contributed by atoms with van der Waals surface area (Å²) in [5.74, 6) is 0. The first-order valence-corrected chi connectivity index (χ1v) is 19.4. The van der Waals surface area contributed by atoms with E-state index in [0.717, 1.165) is 61.3 Å². The smallest absolute Gasteiger partial charge is 0.143 e. The quantitative estimate of drug-likeness (QED) is 0.163. The highest BCUT2D eigenvalue weighted by molar-refractivity contribution is 6.11. The highest BCUT2D eigenvalue weighted by atomic mass is 16.3. The van der Waals surface area contributed by atoms with E-state index in [2.05, 4.69) is 216 Å². The molecule has 3 nitrogen and oxygen atoms in total. The first-order valence-electron chi connectivity index (χ1n) is 19.4. The Labute approximate surface area is 330 Å². The van der Waals surface area contributed by atoms with Gasteiger partial charge in [0.05, 0.1) is 16.7 Å². The van der Waals surface area contributed by atoms with Crippen LogP contribution in [0.1, 0.15) is 0 Å². The minimum Gasteiger partial charge on any atom is -0.455 e. The molecule has 0 aliphatic heterocycles. The molecule has 0 unspecified atom stereocenters. The summed E-state index contributed by atoms with van der Waals surface area (Å²) in [6.45, 7) is 0. The number of rotatable bonds is 7. The lowest BCUT2D eigenvalue weighted by Gasteiger charge is -2.28. The van der Waals surface area contributed by atoms with Crippen LogP contribution in [0.25, 0.3) is 82.8 Å². The van der Waals surface area contributed by atoms with Crippen molar-refractivity contribution in [2.45, 2.75) is 0 Å². The highest BCUT2D eigenvalue weighted by Crippen LogP contribution is 2.44. The first-order chi connectivity index (χ1) is 28.3. The lowest BCUT2D eigenvalue weighted by molar-refractivity contribution is 0.670. The third-order valence-corrected chi connectivity index (χ3v) is 11.2. The summed E-state index contributed by atoms with van der Waals surface area (Å²) < 4.78 is 8.82. The van der Waals surface area contributed by atoms with Crippen LogP contribution in [0, 0.1) is 0 Å². The van der Waals surface area contributed by atoms with Crippen LogP contribution in [-0.2, 0) is 0 Å². The third-order valence-electron chi connectivity index (χ3n) is 11.2. The van der Waals surface area contributed by atoms with E-state index in [9.17, 15) is 0 Å². The molecule has 0 atom stereocenters. The van der Waals surface area contributed by atoms with Gasteiger partial charge in [-0.25, -0.2) is 0 Å². The van der Waals surface area contributed by atoms with E-state index >= 15 is 0 Å². The number of para-hydroxylation sites is 4. The van der Waals surface area contributed by atoms with Gasteiger partial charge >= 0.3 is 0 Å². The molecule has 0 aliphatic rings. The number of benzene rings is 9. The Hall–Kier alpha value is -7.62.